The predicted octanol–water partition coefficient (Wildman–Crippen LogP) is 1.71. The van der Waals surface area contributed by atoms with Gasteiger partial charge in [0.1, 0.15) is 0 Å². The third kappa shape index (κ3) is 3.65. The quantitative estimate of drug-likeness (QED) is 0.791. The first-order valence-electron chi connectivity index (χ1n) is 7.31. The van der Waals surface area contributed by atoms with Gasteiger partial charge in [0.15, 0.2) is 0 Å². The highest BCUT2D eigenvalue weighted by molar-refractivity contribution is 7.80. The molecule has 2 N–H and O–H groups in total. The lowest BCUT2D eigenvalue weighted by Gasteiger charge is -2.43. The van der Waals surface area contributed by atoms with Gasteiger partial charge in [-0.15, -0.1) is 0 Å². The number of thiocarbonyl (C=S) groups is 1. The highest BCUT2D eigenvalue weighted by atomic mass is 32.1. The first-order valence-corrected chi connectivity index (χ1v) is 7.71. The Morgan fingerprint density at radius 3 is 2.33 bits per heavy atom. The fourth-order valence-electron chi connectivity index (χ4n) is 3.36. The van der Waals surface area contributed by atoms with Crippen molar-refractivity contribution in [2.45, 2.75) is 39.2 Å². The van der Waals surface area contributed by atoms with E-state index >= 15 is 0 Å². The Labute approximate surface area is 117 Å². The standard InChI is InChI=1S/C14H27N3S/c1-11-3-4-13(9-12(11)2)17-7-5-16(6-8-17)10-14(15)18/h11-13H,3-10H2,1-2H3,(H2,15,18). The van der Waals surface area contributed by atoms with Crippen LogP contribution in [0.15, 0.2) is 0 Å². The average Bonchev–Trinajstić information content (AvgIpc) is 2.33. The molecule has 1 saturated carbocycles. The van der Waals surface area contributed by atoms with E-state index in [9.17, 15) is 0 Å². The summed E-state index contributed by atoms with van der Waals surface area (Å²) >= 11 is 4.98. The maximum absolute atomic E-state index is 5.61. The smallest absolute Gasteiger partial charge is 0.0870 e. The lowest BCUT2D eigenvalue weighted by molar-refractivity contribution is 0.0624. The SMILES string of the molecule is CC1CCC(N2CCN(CC(N)=S)CC2)CC1C. The molecular weight excluding hydrogens is 242 g/mol. The van der Waals surface area contributed by atoms with Gasteiger partial charge >= 0.3 is 0 Å². The molecule has 0 amide bonds. The van der Waals surface area contributed by atoms with E-state index in [1.807, 2.05) is 0 Å². The zero-order chi connectivity index (χ0) is 13.1. The summed E-state index contributed by atoms with van der Waals surface area (Å²) in [5.74, 6) is 1.80. The van der Waals surface area contributed by atoms with Crippen LogP contribution < -0.4 is 5.73 Å². The number of nitrogens with two attached hydrogens (primary N) is 1. The summed E-state index contributed by atoms with van der Waals surface area (Å²) in [4.78, 5) is 5.70. The average molecular weight is 269 g/mol. The van der Waals surface area contributed by atoms with E-state index in [-0.39, 0.29) is 0 Å². The Morgan fingerprint density at radius 1 is 1.11 bits per heavy atom. The minimum Gasteiger partial charge on any atom is -0.392 e. The van der Waals surface area contributed by atoms with Crippen LogP contribution in [-0.4, -0.2) is 53.6 Å². The van der Waals surface area contributed by atoms with Crippen molar-refractivity contribution >= 4 is 17.2 Å². The molecular formula is C14H27N3S. The van der Waals surface area contributed by atoms with Crippen LogP contribution in [0.4, 0.5) is 0 Å². The molecule has 0 aromatic carbocycles. The third-order valence-corrected chi connectivity index (χ3v) is 5.00. The van der Waals surface area contributed by atoms with E-state index in [4.69, 9.17) is 18.0 Å². The fraction of sp³-hybridized carbons (Fsp3) is 0.929. The second kappa shape index (κ2) is 6.31. The van der Waals surface area contributed by atoms with Gasteiger partial charge in [-0.2, -0.15) is 0 Å². The Balaban J connectivity index is 1.77. The predicted molar refractivity (Wildman–Crippen MR) is 80.8 cm³/mol. The molecule has 1 aliphatic carbocycles. The van der Waals surface area contributed by atoms with Gasteiger partial charge in [-0.3, -0.25) is 9.80 Å². The molecule has 0 spiro atoms. The van der Waals surface area contributed by atoms with Crippen LogP contribution in [0.25, 0.3) is 0 Å². The molecule has 2 rings (SSSR count). The van der Waals surface area contributed by atoms with Gasteiger partial charge < -0.3 is 5.73 Å². The number of hydrogen-bond donors (Lipinski definition) is 1. The zero-order valence-corrected chi connectivity index (χ0v) is 12.6. The highest BCUT2D eigenvalue weighted by Crippen LogP contribution is 2.32. The first kappa shape index (κ1) is 14.2. The van der Waals surface area contributed by atoms with Gasteiger partial charge in [-0.1, -0.05) is 26.1 Å². The number of hydrogen-bond acceptors (Lipinski definition) is 3. The number of piperazine rings is 1. The topological polar surface area (TPSA) is 32.5 Å². The molecule has 4 heteroatoms. The van der Waals surface area contributed by atoms with Gasteiger partial charge in [-0.25, -0.2) is 0 Å². The molecule has 0 bridgehead atoms. The normalized spacial score (nSPS) is 35.6. The summed E-state index contributed by atoms with van der Waals surface area (Å²) in [5, 5.41) is 0. The Bertz CT molecular complexity index is 287. The van der Waals surface area contributed by atoms with E-state index < -0.39 is 0 Å². The van der Waals surface area contributed by atoms with Crippen LogP contribution in [0.3, 0.4) is 0 Å². The fourth-order valence-corrected chi connectivity index (χ4v) is 3.54. The van der Waals surface area contributed by atoms with E-state index in [2.05, 4.69) is 23.6 Å². The molecule has 1 saturated heterocycles. The molecule has 0 radical (unpaired) electrons. The summed E-state index contributed by atoms with van der Waals surface area (Å²) in [6.07, 6.45) is 4.18. The van der Waals surface area contributed by atoms with Crippen molar-refractivity contribution < 1.29 is 0 Å². The molecule has 3 unspecified atom stereocenters. The summed E-state index contributed by atoms with van der Waals surface area (Å²) in [6.45, 7) is 10.2. The van der Waals surface area contributed by atoms with Crippen molar-refractivity contribution in [1.82, 2.24) is 9.80 Å². The molecule has 0 aromatic heterocycles. The van der Waals surface area contributed by atoms with E-state index in [1.54, 1.807) is 0 Å². The zero-order valence-electron chi connectivity index (χ0n) is 11.8. The molecule has 3 atom stereocenters. The first-order chi connectivity index (χ1) is 8.56. The Morgan fingerprint density at radius 2 is 1.78 bits per heavy atom. The largest absolute Gasteiger partial charge is 0.392 e. The van der Waals surface area contributed by atoms with Crippen LogP contribution in [0.2, 0.25) is 0 Å². The summed E-state index contributed by atoms with van der Waals surface area (Å²) < 4.78 is 0. The lowest BCUT2D eigenvalue weighted by atomic mass is 9.78. The molecule has 18 heavy (non-hydrogen) atoms. The van der Waals surface area contributed by atoms with Crippen LogP contribution in [0, 0.1) is 11.8 Å². The second-order valence-electron chi connectivity index (χ2n) is 6.20. The van der Waals surface area contributed by atoms with Gasteiger partial charge in [0.05, 0.1) is 4.99 Å². The van der Waals surface area contributed by atoms with Crippen LogP contribution in [0.5, 0.6) is 0 Å². The van der Waals surface area contributed by atoms with Crippen molar-refractivity contribution in [3.63, 3.8) is 0 Å². The summed E-state index contributed by atoms with van der Waals surface area (Å²) in [6, 6.07) is 0.822. The van der Waals surface area contributed by atoms with Crippen LogP contribution in [-0.2, 0) is 0 Å². The molecule has 0 aromatic rings. The van der Waals surface area contributed by atoms with Gasteiger partial charge in [0, 0.05) is 38.8 Å². The summed E-state index contributed by atoms with van der Waals surface area (Å²) in [5.41, 5.74) is 5.61. The van der Waals surface area contributed by atoms with Crippen LogP contribution >= 0.6 is 12.2 Å². The third-order valence-electron chi connectivity index (χ3n) is 4.87. The minimum atomic E-state index is 0.628. The van der Waals surface area contributed by atoms with Crippen molar-refractivity contribution in [2.75, 3.05) is 32.7 Å². The van der Waals surface area contributed by atoms with Crippen molar-refractivity contribution in [3.05, 3.63) is 0 Å². The second-order valence-corrected chi connectivity index (χ2v) is 6.72. The van der Waals surface area contributed by atoms with Gasteiger partial charge in [0.25, 0.3) is 0 Å². The maximum atomic E-state index is 5.61. The van der Waals surface area contributed by atoms with Gasteiger partial charge in [-0.05, 0) is 31.1 Å². The molecule has 3 nitrogen and oxygen atoms in total. The molecule has 2 fully saturated rings. The van der Waals surface area contributed by atoms with E-state index in [0.717, 1.165) is 37.5 Å². The number of nitrogens with zero attached hydrogens (tertiary/aromatic N) is 2. The minimum absolute atomic E-state index is 0.628. The maximum Gasteiger partial charge on any atom is 0.0870 e. The van der Waals surface area contributed by atoms with Crippen LogP contribution in [0.1, 0.15) is 33.1 Å². The van der Waals surface area contributed by atoms with Crippen molar-refractivity contribution in [3.8, 4) is 0 Å². The van der Waals surface area contributed by atoms with Crippen molar-refractivity contribution in [2.24, 2.45) is 17.6 Å². The van der Waals surface area contributed by atoms with E-state index in [1.165, 1.54) is 32.4 Å². The molecule has 1 heterocycles. The van der Waals surface area contributed by atoms with Gasteiger partial charge in [0.2, 0.25) is 0 Å². The van der Waals surface area contributed by atoms with E-state index in [0.29, 0.717) is 4.99 Å². The Hall–Kier alpha value is -0.190. The van der Waals surface area contributed by atoms with Crippen molar-refractivity contribution in [1.29, 1.82) is 0 Å². The molecule has 104 valence electrons. The lowest BCUT2D eigenvalue weighted by Crippen LogP contribution is -2.52. The Kier molecular flexibility index (Phi) is 4.98. The highest BCUT2D eigenvalue weighted by Gasteiger charge is 2.30. The number of rotatable bonds is 3. The molecule has 1 aliphatic heterocycles. The molecule has 2 aliphatic rings. The summed E-state index contributed by atoms with van der Waals surface area (Å²) in [7, 11) is 0. The monoisotopic (exact) mass is 269 g/mol.